The van der Waals surface area contributed by atoms with Crippen molar-refractivity contribution in [2.75, 3.05) is 62.3 Å². The van der Waals surface area contributed by atoms with Gasteiger partial charge in [-0.25, -0.2) is 0 Å². The van der Waals surface area contributed by atoms with Gasteiger partial charge in [0.2, 0.25) is 0 Å². The van der Waals surface area contributed by atoms with Gasteiger partial charge in [0.15, 0.2) is 0 Å². The van der Waals surface area contributed by atoms with Gasteiger partial charge in [0.1, 0.15) is 0 Å². The summed E-state index contributed by atoms with van der Waals surface area (Å²) < 4.78 is 5.54. The summed E-state index contributed by atoms with van der Waals surface area (Å²) in [4.78, 5) is 20.0. The van der Waals surface area contributed by atoms with Gasteiger partial charge in [-0.15, -0.1) is 0 Å². The number of ether oxygens (including phenoxy) is 1. The molecule has 2 aromatic carbocycles. The number of nitrogens with zero attached hydrogens (tertiary/aromatic N) is 3. The first-order valence-corrected chi connectivity index (χ1v) is 11.0. The second kappa shape index (κ2) is 8.72. The molecule has 2 aliphatic heterocycles. The zero-order chi connectivity index (χ0) is 20.4. The van der Waals surface area contributed by atoms with Crippen LogP contribution >= 0.6 is 0 Å². The Morgan fingerprint density at radius 3 is 2.66 bits per heavy atom. The molecule has 0 atom stereocenters. The topological polar surface area (TPSA) is 36.0 Å². The van der Waals surface area contributed by atoms with Crippen LogP contribution in [0.1, 0.15) is 37.6 Å². The smallest absolute Gasteiger partial charge is 0.259 e. The van der Waals surface area contributed by atoms with Crippen LogP contribution in [0.2, 0.25) is 0 Å². The van der Waals surface area contributed by atoms with E-state index >= 15 is 0 Å². The van der Waals surface area contributed by atoms with Gasteiger partial charge in [0.25, 0.3) is 5.91 Å². The lowest BCUT2D eigenvalue weighted by atomic mass is 10.0. The molecular formula is C24H33N3O2. The number of benzene rings is 2. The van der Waals surface area contributed by atoms with Gasteiger partial charge in [-0.1, -0.05) is 26.0 Å². The van der Waals surface area contributed by atoms with Crippen LogP contribution in [0.4, 0.5) is 11.4 Å². The van der Waals surface area contributed by atoms with Crippen LogP contribution < -0.4 is 9.80 Å². The van der Waals surface area contributed by atoms with Crippen molar-refractivity contribution < 1.29 is 9.53 Å². The van der Waals surface area contributed by atoms with Gasteiger partial charge in [-0.2, -0.15) is 0 Å². The van der Waals surface area contributed by atoms with Gasteiger partial charge in [0, 0.05) is 61.4 Å². The summed E-state index contributed by atoms with van der Waals surface area (Å²) in [6.45, 7) is 14.0. The second-order valence-corrected chi connectivity index (χ2v) is 8.52. The lowest BCUT2D eigenvalue weighted by molar-refractivity contribution is 0.0990. The molecule has 1 saturated heterocycles. The minimum atomic E-state index is 0.148. The lowest BCUT2D eigenvalue weighted by Crippen LogP contribution is -2.33. The molecule has 5 nitrogen and oxygen atoms in total. The predicted molar refractivity (Wildman–Crippen MR) is 120 cm³/mol. The highest BCUT2D eigenvalue weighted by Crippen LogP contribution is 2.42. The summed E-state index contributed by atoms with van der Waals surface area (Å²) in [5.41, 5.74) is 3.19. The maximum absolute atomic E-state index is 13.0. The Morgan fingerprint density at radius 1 is 1.03 bits per heavy atom. The van der Waals surface area contributed by atoms with Crippen LogP contribution in [0.5, 0.6) is 0 Å². The van der Waals surface area contributed by atoms with Crippen molar-refractivity contribution in [2.24, 2.45) is 5.92 Å². The SMILES string of the molecule is CCOCCN1CCCN(c2ccc3c4c(cccc24)C(=O)N3CC(C)C)CC1. The maximum Gasteiger partial charge on any atom is 0.259 e. The van der Waals surface area contributed by atoms with Crippen LogP contribution in [-0.2, 0) is 4.74 Å². The number of anilines is 2. The van der Waals surface area contributed by atoms with E-state index in [9.17, 15) is 4.79 Å². The molecule has 1 amide bonds. The normalized spacial score (nSPS) is 17.6. The van der Waals surface area contributed by atoms with E-state index in [-0.39, 0.29) is 5.91 Å². The van der Waals surface area contributed by atoms with Crippen molar-refractivity contribution in [1.82, 2.24) is 4.90 Å². The number of hydrogen-bond donors (Lipinski definition) is 0. The zero-order valence-electron chi connectivity index (χ0n) is 18.0. The summed E-state index contributed by atoms with van der Waals surface area (Å²) in [5.74, 6) is 0.589. The quantitative estimate of drug-likeness (QED) is 0.664. The molecule has 0 aromatic heterocycles. The molecular weight excluding hydrogens is 362 g/mol. The van der Waals surface area contributed by atoms with Gasteiger partial charge >= 0.3 is 0 Å². The maximum atomic E-state index is 13.0. The fraction of sp³-hybridized carbons (Fsp3) is 0.542. The molecule has 0 unspecified atom stereocenters. The minimum Gasteiger partial charge on any atom is -0.380 e. The molecule has 2 aromatic rings. The van der Waals surface area contributed by atoms with Gasteiger partial charge < -0.3 is 14.5 Å². The first-order chi connectivity index (χ1) is 14.1. The Bertz CT molecular complexity index is 880. The fourth-order valence-electron chi connectivity index (χ4n) is 4.63. The van der Waals surface area contributed by atoms with E-state index < -0.39 is 0 Å². The number of hydrogen-bond acceptors (Lipinski definition) is 4. The number of carbonyl (C=O) groups excluding carboxylic acids is 1. The average Bonchev–Trinajstić information content (AvgIpc) is 2.87. The highest BCUT2D eigenvalue weighted by atomic mass is 16.5. The minimum absolute atomic E-state index is 0.148. The third-order valence-electron chi connectivity index (χ3n) is 5.99. The molecule has 0 radical (unpaired) electrons. The van der Waals surface area contributed by atoms with Gasteiger partial charge in [0.05, 0.1) is 12.3 Å². The van der Waals surface area contributed by atoms with Crippen molar-refractivity contribution in [1.29, 1.82) is 0 Å². The van der Waals surface area contributed by atoms with Crippen molar-refractivity contribution in [3.63, 3.8) is 0 Å². The highest BCUT2D eigenvalue weighted by Gasteiger charge is 2.31. The molecule has 4 rings (SSSR count). The lowest BCUT2D eigenvalue weighted by Gasteiger charge is -2.26. The molecule has 0 aliphatic carbocycles. The van der Waals surface area contributed by atoms with Crippen molar-refractivity contribution >= 4 is 28.1 Å². The van der Waals surface area contributed by atoms with Crippen molar-refractivity contribution in [2.45, 2.75) is 27.2 Å². The molecule has 156 valence electrons. The van der Waals surface area contributed by atoms with Crippen molar-refractivity contribution in [3.8, 4) is 0 Å². The highest BCUT2D eigenvalue weighted by molar-refractivity contribution is 6.26. The van der Waals surface area contributed by atoms with E-state index in [2.05, 4.69) is 41.8 Å². The largest absolute Gasteiger partial charge is 0.380 e. The molecule has 0 N–H and O–H groups in total. The summed E-state index contributed by atoms with van der Waals surface area (Å²) >= 11 is 0. The van der Waals surface area contributed by atoms with E-state index in [0.717, 1.165) is 75.5 Å². The Balaban J connectivity index is 1.60. The number of carbonyl (C=O) groups is 1. The molecule has 2 aliphatic rings. The van der Waals surface area contributed by atoms with E-state index in [1.165, 1.54) is 11.1 Å². The molecule has 0 spiro atoms. The van der Waals surface area contributed by atoms with Crippen LogP contribution in [0.25, 0.3) is 10.8 Å². The first-order valence-electron chi connectivity index (χ1n) is 11.0. The Labute approximate surface area is 174 Å². The van der Waals surface area contributed by atoms with E-state index in [1.807, 2.05) is 24.0 Å². The summed E-state index contributed by atoms with van der Waals surface area (Å²) in [6, 6.07) is 10.6. The molecule has 0 bridgehead atoms. The molecule has 0 saturated carbocycles. The van der Waals surface area contributed by atoms with Gasteiger partial charge in [-0.3, -0.25) is 9.69 Å². The standard InChI is InChI=1S/C24H33N3O2/c1-4-29-16-15-25-11-6-12-26(14-13-25)21-9-10-22-23-19(21)7-5-8-20(23)24(28)27(22)17-18(2)3/h5,7-10,18H,4,6,11-17H2,1-3H3. The monoisotopic (exact) mass is 395 g/mol. The third-order valence-corrected chi connectivity index (χ3v) is 5.99. The molecule has 29 heavy (non-hydrogen) atoms. The summed E-state index contributed by atoms with van der Waals surface area (Å²) in [7, 11) is 0. The summed E-state index contributed by atoms with van der Waals surface area (Å²) in [6.07, 6.45) is 1.15. The second-order valence-electron chi connectivity index (χ2n) is 8.52. The third kappa shape index (κ3) is 3.99. The van der Waals surface area contributed by atoms with Crippen LogP contribution in [0.15, 0.2) is 30.3 Å². The van der Waals surface area contributed by atoms with Crippen LogP contribution in [0, 0.1) is 5.92 Å². The van der Waals surface area contributed by atoms with Crippen LogP contribution in [0.3, 0.4) is 0 Å². The number of rotatable bonds is 7. The Kier molecular flexibility index (Phi) is 6.07. The average molecular weight is 396 g/mol. The molecule has 5 heteroatoms. The van der Waals surface area contributed by atoms with Gasteiger partial charge in [-0.05, 0) is 44.0 Å². The van der Waals surface area contributed by atoms with Crippen LogP contribution in [-0.4, -0.2) is 63.3 Å². The fourth-order valence-corrected chi connectivity index (χ4v) is 4.63. The molecule has 1 fully saturated rings. The van der Waals surface area contributed by atoms with E-state index in [1.54, 1.807) is 0 Å². The van der Waals surface area contributed by atoms with E-state index in [0.29, 0.717) is 5.92 Å². The number of amides is 1. The van der Waals surface area contributed by atoms with E-state index in [4.69, 9.17) is 4.74 Å². The zero-order valence-corrected chi connectivity index (χ0v) is 18.0. The van der Waals surface area contributed by atoms with Crippen molar-refractivity contribution in [3.05, 3.63) is 35.9 Å². The summed E-state index contributed by atoms with van der Waals surface area (Å²) in [5, 5.41) is 2.34. The predicted octanol–water partition coefficient (Wildman–Crippen LogP) is 4.00. The Morgan fingerprint density at radius 2 is 1.86 bits per heavy atom. The molecule has 2 heterocycles. The first kappa shape index (κ1) is 20.2. The Hall–Kier alpha value is -2.11.